The standard InChI is InChI=1S/C22H27N/c1-3-5-6-7-9-20-10-12-21(13-11-20)18-23-22-16-14-19(8-4-2)15-17-22/h3,10-18H,1,4-9H2,2H3. The van der Waals surface area contributed by atoms with Gasteiger partial charge in [0.2, 0.25) is 0 Å². The van der Waals surface area contributed by atoms with Crippen LogP contribution in [-0.2, 0) is 12.8 Å². The zero-order valence-electron chi connectivity index (χ0n) is 14.2. The number of allylic oxidation sites excluding steroid dienone is 1. The van der Waals surface area contributed by atoms with Crippen LogP contribution in [0.1, 0.15) is 49.3 Å². The van der Waals surface area contributed by atoms with Crippen LogP contribution in [0.4, 0.5) is 5.69 Å². The van der Waals surface area contributed by atoms with Crippen LogP contribution in [0, 0.1) is 0 Å². The largest absolute Gasteiger partial charge is 0.256 e. The minimum Gasteiger partial charge on any atom is -0.256 e. The molecule has 0 unspecified atom stereocenters. The lowest BCUT2D eigenvalue weighted by atomic mass is 10.1. The molecule has 1 nitrogen and oxygen atoms in total. The third-order valence-corrected chi connectivity index (χ3v) is 3.94. The van der Waals surface area contributed by atoms with Gasteiger partial charge in [-0.25, -0.2) is 0 Å². The van der Waals surface area contributed by atoms with Crippen molar-refractivity contribution in [3.8, 4) is 0 Å². The Morgan fingerprint density at radius 3 is 2.17 bits per heavy atom. The third-order valence-electron chi connectivity index (χ3n) is 3.94. The number of aryl methyl sites for hydroxylation is 2. The van der Waals surface area contributed by atoms with Crippen LogP contribution in [-0.4, -0.2) is 6.21 Å². The second-order valence-electron chi connectivity index (χ2n) is 5.95. The Labute approximate surface area is 140 Å². The normalized spacial score (nSPS) is 11.0. The van der Waals surface area contributed by atoms with Gasteiger partial charge < -0.3 is 0 Å². The van der Waals surface area contributed by atoms with E-state index >= 15 is 0 Å². The van der Waals surface area contributed by atoms with Crippen molar-refractivity contribution in [3.05, 3.63) is 77.9 Å². The Balaban J connectivity index is 1.88. The molecule has 2 aromatic rings. The second-order valence-corrected chi connectivity index (χ2v) is 5.95. The van der Waals surface area contributed by atoms with Crippen molar-refractivity contribution in [2.24, 2.45) is 4.99 Å². The fourth-order valence-electron chi connectivity index (χ4n) is 2.57. The van der Waals surface area contributed by atoms with Crippen LogP contribution in [0.5, 0.6) is 0 Å². The average molecular weight is 305 g/mol. The van der Waals surface area contributed by atoms with E-state index in [-0.39, 0.29) is 0 Å². The molecule has 0 aliphatic rings. The molecule has 0 saturated carbocycles. The van der Waals surface area contributed by atoms with E-state index in [2.05, 4.69) is 67.0 Å². The molecule has 0 aliphatic carbocycles. The Hall–Kier alpha value is -2.15. The summed E-state index contributed by atoms with van der Waals surface area (Å²) in [5.74, 6) is 0. The molecule has 0 bridgehead atoms. The summed E-state index contributed by atoms with van der Waals surface area (Å²) in [6.07, 6.45) is 11.0. The van der Waals surface area contributed by atoms with Gasteiger partial charge in [-0.3, -0.25) is 4.99 Å². The van der Waals surface area contributed by atoms with Crippen LogP contribution in [0.25, 0.3) is 0 Å². The number of rotatable bonds is 9. The van der Waals surface area contributed by atoms with E-state index in [1.807, 2.05) is 12.3 Å². The molecule has 1 heteroatoms. The molecule has 0 atom stereocenters. The van der Waals surface area contributed by atoms with E-state index in [0.717, 1.165) is 30.5 Å². The van der Waals surface area contributed by atoms with Crippen molar-refractivity contribution in [1.29, 1.82) is 0 Å². The van der Waals surface area contributed by atoms with Crippen LogP contribution in [0.15, 0.2) is 66.2 Å². The van der Waals surface area contributed by atoms with Gasteiger partial charge in [-0.1, -0.05) is 55.8 Å². The summed E-state index contributed by atoms with van der Waals surface area (Å²) in [6, 6.07) is 17.2. The van der Waals surface area contributed by atoms with Gasteiger partial charge in [0.1, 0.15) is 0 Å². The summed E-state index contributed by atoms with van der Waals surface area (Å²) in [6.45, 7) is 5.97. The number of hydrogen-bond donors (Lipinski definition) is 0. The molecule has 0 aromatic heterocycles. The number of nitrogens with zero attached hydrogens (tertiary/aromatic N) is 1. The SMILES string of the molecule is C=CCCCCc1ccc(C=Nc2ccc(CCC)cc2)cc1. The fourth-order valence-corrected chi connectivity index (χ4v) is 2.57. The van der Waals surface area contributed by atoms with E-state index in [4.69, 9.17) is 0 Å². The summed E-state index contributed by atoms with van der Waals surface area (Å²) in [4.78, 5) is 4.56. The predicted molar refractivity (Wildman–Crippen MR) is 102 cm³/mol. The van der Waals surface area contributed by atoms with Gasteiger partial charge in [0.25, 0.3) is 0 Å². The summed E-state index contributed by atoms with van der Waals surface area (Å²) in [5, 5.41) is 0. The minimum absolute atomic E-state index is 1.01. The number of hydrogen-bond acceptors (Lipinski definition) is 1. The molecule has 0 heterocycles. The zero-order valence-corrected chi connectivity index (χ0v) is 14.2. The zero-order chi connectivity index (χ0) is 16.3. The highest BCUT2D eigenvalue weighted by atomic mass is 14.7. The molecule has 0 aliphatic heterocycles. The number of benzene rings is 2. The van der Waals surface area contributed by atoms with Crippen molar-refractivity contribution in [3.63, 3.8) is 0 Å². The average Bonchev–Trinajstić information content (AvgIpc) is 2.59. The smallest absolute Gasteiger partial charge is 0.0630 e. The predicted octanol–water partition coefficient (Wildman–Crippen LogP) is 6.29. The Bertz CT molecular complexity index is 605. The third kappa shape index (κ3) is 6.23. The highest BCUT2D eigenvalue weighted by molar-refractivity contribution is 5.81. The topological polar surface area (TPSA) is 12.4 Å². The van der Waals surface area contributed by atoms with E-state index in [9.17, 15) is 0 Å². The number of unbranched alkanes of at least 4 members (excludes halogenated alkanes) is 2. The molecule has 0 spiro atoms. The van der Waals surface area contributed by atoms with Crippen molar-refractivity contribution >= 4 is 11.9 Å². The molecule has 2 rings (SSSR count). The second kappa shape index (κ2) is 9.78. The van der Waals surface area contributed by atoms with Crippen molar-refractivity contribution in [2.75, 3.05) is 0 Å². The minimum atomic E-state index is 1.01. The summed E-state index contributed by atoms with van der Waals surface area (Å²) < 4.78 is 0. The van der Waals surface area contributed by atoms with Gasteiger partial charge in [-0.2, -0.15) is 0 Å². The molecule has 120 valence electrons. The molecule has 0 N–H and O–H groups in total. The van der Waals surface area contributed by atoms with Crippen LogP contribution < -0.4 is 0 Å². The molecule has 0 amide bonds. The Kier molecular flexibility index (Phi) is 7.32. The van der Waals surface area contributed by atoms with Crippen LogP contribution in [0.3, 0.4) is 0 Å². The molecule has 23 heavy (non-hydrogen) atoms. The van der Waals surface area contributed by atoms with Crippen molar-refractivity contribution in [1.82, 2.24) is 0 Å². The van der Waals surface area contributed by atoms with Crippen molar-refractivity contribution in [2.45, 2.75) is 45.4 Å². The van der Waals surface area contributed by atoms with E-state index in [1.54, 1.807) is 0 Å². The maximum atomic E-state index is 4.56. The molecule has 2 aromatic carbocycles. The van der Waals surface area contributed by atoms with Gasteiger partial charge >= 0.3 is 0 Å². The lowest BCUT2D eigenvalue weighted by Gasteiger charge is -2.02. The molecule has 0 saturated heterocycles. The first-order valence-electron chi connectivity index (χ1n) is 8.64. The highest BCUT2D eigenvalue weighted by Gasteiger charge is 1.95. The van der Waals surface area contributed by atoms with Gasteiger partial charge in [0, 0.05) is 6.21 Å². The van der Waals surface area contributed by atoms with E-state index in [0.29, 0.717) is 0 Å². The monoisotopic (exact) mass is 305 g/mol. The van der Waals surface area contributed by atoms with E-state index < -0.39 is 0 Å². The van der Waals surface area contributed by atoms with Crippen LogP contribution >= 0.6 is 0 Å². The Morgan fingerprint density at radius 2 is 1.52 bits per heavy atom. The maximum absolute atomic E-state index is 4.56. The number of aliphatic imine (C=N–C) groups is 1. The summed E-state index contributed by atoms with van der Waals surface area (Å²) in [5.41, 5.74) is 4.94. The van der Waals surface area contributed by atoms with Gasteiger partial charge in [0.05, 0.1) is 5.69 Å². The molecule has 0 radical (unpaired) electrons. The molecular formula is C22H27N. The summed E-state index contributed by atoms with van der Waals surface area (Å²) >= 11 is 0. The maximum Gasteiger partial charge on any atom is 0.0630 e. The fraction of sp³-hybridized carbons (Fsp3) is 0.318. The van der Waals surface area contributed by atoms with Gasteiger partial charge in [-0.05, 0) is 60.9 Å². The lowest BCUT2D eigenvalue weighted by molar-refractivity contribution is 0.748. The highest BCUT2D eigenvalue weighted by Crippen LogP contribution is 2.15. The molecule has 0 fully saturated rings. The van der Waals surface area contributed by atoms with Gasteiger partial charge in [0.15, 0.2) is 0 Å². The quantitative estimate of drug-likeness (QED) is 0.293. The lowest BCUT2D eigenvalue weighted by Crippen LogP contribution is -1.87. The first-order valence-corrected chi connectivity index (χ1v) is 8.64. The molecular weight excluding hydrogens is 278 g/mol. The Morgan fingerprint density at radius 1 is 0.870 bits per heavy atom. The van der Waals surface area contributed by atoms with Gasteiger partial charge in [-0.15, -0.1) is 6.58 Å². The van der Waals surface area contributed by atoms with Crippen molar-refractivity contribution < 1.29 is 0 Å². The van der Waals surface area contributed by atoms with Crippen LogP contribution in [0.2, 0.25) is 0 Å². The first kappa shape index (κ1) is 17.2. The van der Waals surface area contributed by atoms with E-state index in [1.165, 1.54) is 30.4 Å². The summed E-state index contributed by atoms with van der Waals surface area (Å²) in [7, 11) is 0. The first-order chi connectivity index (χ1) is 11.3.